The molecular weight excluding hydrogens is 337 g/mol. The molecule has 5 heteroatoms. The zero-order valence-electron chi connectivity index (χ0n) is 11.3. The van der Waals surface area contributed by atoms with Crippen molar-refractivity contribution in [1.29, 1.82) is 0 Å². The van der Waals surface area contributed by atoms with E-state index in [2.05, 4.69) is 5.32 Å². The van der Waals surface area contributed by atoms with Gasteiger partial charge in [-0.15, -0.1) is 0 Å². The predicted molar refractivity (Wildman–Crippen MR) is 95.3 cm³/mol. The number of thioether (sulfide) groups is 1. The molecule has 0 radical (unpaired) electrons. The average molecular weight is 348 g/mol. The summed E-state index contributed by atoms with van der Waals surface area (Å²) in [5.74, 6) is 0. The van der Waals surface area contributed by atoms with Crippen LogP contribution in [0.2, 0.25) is 10.0 Å². The van der Waals surface area contributed by atoms with E-state index in [1.54, 1.807) is 18.2 Å². The van der Waals surface area contributed by atoms with Crippen molar-refractivity contribution in [2.45, 2.75) is 4.90 Å². The van der Waals surface area contributed by atoms with E-state index in [0.717, 1.165) is 27.4 Å². The van der Waals surface area contributed by atoms with Gasteiger partial charge in [-0.1, -0.05) is 53.5 Å². The van der Waals surface area contributed by atoms with Gasteiger partial charge >= 0.3 is 0 Å². The van der Waals surface area contributed by atoms with Crippen LogP contribution in [-0.2, 0) is 0 Å². The Labute approximate surface area is 142 Å². The first-order valence-corrected chi connectivity index (χ1v) is 8.12. The van der Waals surface area contributed by atoms with Crippen molar-refractivity contribution in [3.63, 3.8) is 0 Å². The molecule has 3 rings (SSSR count). The molecule has 110 valence electrons. The molecule has 0 unspecified atom stereocenters. The van der Waals surface area contributed by atoms with Gasteiger partial charge < -0.3 is 5.32 Å². The van der Waals surface area contributed by atoms with Gasteiger partial charge in [0.1, 0.15) is 0 Å². The molecule has 3 aromatic rings. The van der Waals surface area contributed by atoms with Crippen LogP contribution in [0, 0.1) is 0 Å². The van der Waals surface area contributed by atoms with Crippen LogP contribution in [0.1, 0.15) is 0 Å². The van der Waals surface area contributed by atoms with Crippen molar-refractivity contribution in [3.8, 4) is 0 Å². The Morgan fingerprint density at radius 3 is 2.41 bits per heavy atom. The molecule has 0 atom stereocenters. The van der Waals surface area contributed by atoms with Crippen molar-refractivity contribution in [3.05, 3.63) is 70.7 Å². The van der Waals surface area contributed by atoms with Crippen LogP contribution in [0.5, 0.6) is 0 Å². The van der Waals surface area contributed by atoms with Crippen molar-refractivity contribution >= 4 is 56.7 Å². The van der Waals surface area contributed by atoms with Gasteiger partial charge in [-0.25, -0.2) is 0 Å². The fraction of sp³-hybridized carbons (Fsp3) is 0. The normalized spacial score (nSPS) is 10.6. The van der Waals surface area contributed by atoms with Crippen molar-refractivity contribution in [1.82, 2.24) is 0 Å². The minimum Gasteiger partial charge on any atom is -0.317 e. The number of halogens is 2. The molecule has 0 aliphatic heterocycles. The monoisotopic (exact) mass is 347 g/mol. The Balaban J connectivity index is 1.73. The fourth-order valence-corrected chi connectivity index (χ4v) is 3.06. The van der Waals surface area contributed by atoms with E-state index < -0.39 is 0 Å². The summed E-state index contributed by atoms with van der Waals surface area (Å²) in [6.07, 6.45) is 0. The number of rotatable bonds is 2. The number of nitrogens with one attached hydrogen (secondary N) is 1. The standard InChI is InChI=1S/C17H11Cl2NOS/c18-15-8-6-13(10-16(15)19)20-17(21)22-14-7-5-11-3-1-2-4-12(11)9-14/h1-10H,(H,20,21). The summed E-state index contributed by atoms with van der Waals surface area (Å²) in [6.45, 7) is 0. The Hall–Kier alpha value is -1.68. The van der Waals surface area contributed by atoms with Crippen LogP contribution < -0.4 is 5.32 Å². The first kappa shape index (κ1) is 15.2. The van der Waals surface area contributed by atoms with E-state index in [1.807, 2.05) is 42.5 Å². The molecule has 0 spiro atoms. The Kier molecular flexibility index (Phi) is 4.57. The first-order chi connectivity index (χ1) is 10.6. The molecule has 22 heavy (non-hydrogen) atoms. The number of amides is 1. The topological polar surface area (TPSA) is 29.1 Å². The third kappa shape index (κ3) is 3.55. The third-order valence-corrected chi connectivity index (χ3v) is 4.61. The van der Waals surface area contributed by atoms with Gasteiger partial charge in [-0.2, -0.15) is 0 Å². The molecule has 0 fully saturated rings. The third-order valence-electron chi connectivity index (χ3n) is 3.10. The van der Waals surface area contributed by atoms with Crippen LogP contribution in [0.3, 0.4) is 0 Å². The van der Waals surface area contributed by atoms with Crippen LogP contribution in [0.4, 0.5) is 10.5 Å². The molecule has 1 amide bonds. The highest BCUT2D eigenvalue weighted by Gasteiger charge is 2.07. The summed E-state index contributed by atoms with van der Waals surface area (Å²) < 4.78 is 0. The summed E-state index contributed by atoms with van der Waals surface area (Å²) >= 11 is 12.9. The fourth-order valence-electron chi connectivity index (χ4n) is 2.06. The highest BCUT2D eigenvalue weighted by molar-refractivity contribution is 8.13. The molecular formula is C17H11Cl2NOS. The zero-order chi connectivity index (χ0) is 15.5. The Morgan fingerprint density at radius 2 is 1.64 bits per heavy atom. The molecule has 0 saturated carbocycles. The quantitative estimate of drug-likeness (QED) is 0.538. The van der Waals surface area contributed by atoms with E-state index in [4.69, 9.17) is 23.2 Å². The molecule has 3 aromatic carbocycles. The first-order valence-electron chi connectivity index (χ1n) is 6.54. The average Bonchev–Trinajstić information content (AvgIpc) is 2.51. The number of anilines is 1. The second-order valence-electron chi connectivity index (χ2n) is 4.65. The second kappa shape index (κ2) is 6.61. The molecule has 0 heterocycles. The van der Waals surface area contributed by atoms with E-state index in [1.165, 1.54) is 0 Å². The van der Waals surface area contributed by atoms with Crippen molar-refractivity contribution in [2.75, 3.05) is 5.32 Å². The van der Waals surface area contributed by atoms with Gasteiger partial charge in [0.15, 0.2) is 0 Å². The number of benzene rings is 3. The van der Waals surface area contributed by atoms with E-state index >= 15 is 0 Å². The van der Waals surface area contributed by atoms with Crippen LogP contribution in [0.15, 0.2) is 65.6 Å². The zero-order valence-corrected chi connectivity index (χ0v) is 13.7. The lowest BCUT2D eigenvalue weighted by molar-refractivity contribution is 0.270. The van der Waals surface area contributed by atoms with Crippen LogP contribution in [0.25, 0.3) is 10.8 Å². The predicted octanol–water partition coefficient (Wildman–Crippen LogP) is 6.47. The number of carbonyl (C=O) groups is 1. The summed E-state index contributed by atoms with van der Waals surface area (Å²) in [6, 6.07) is 19.0. The molecule has 0 aliphatic rings. The van der Waals surface area contributed by atoms with E-state index in [-0.39, 0.29) is 5.24 Å². The molecule has 0 aliphatic carbocycles. The lowest BCUT2D eigenvalue weighted by Crippen LogP contribution is -2.04. The minimum atomic E-state index is -0.173. The number of hydrogen-bond donors (Lipinski definition) is 1. The maximum absolute atomic E-state index is 12.1. The van der Waals surface area contributed by atoms with Gasteiger partial charge in [0, 0.05) is 10.6 Å². The second-order valence-corrected chi connectivity index (χ2v) is 6.51. The maximum Gasteiger partial charge on any atom is 0.288 e. The van der Waals surface area contributed by atoms with Gasteiger partial charge in [0.2, 0.25) is 0 Å². The van der Waals surface area contributed by atoms with Crippen molar-refractivity contribution in [2.24, 2.45) is 0 Å². The highest BCUT2D eigenvalue weighted by Crippen LogP contribution is 2.28. The highest BCUT2D eigenvalue weighted by atomic mass is 35.5. The van der Waals surface area contributed by atoms with E-state index in [0.29, 0.717) is 15.7 Å². The Bertz CT molecular complexity index is 851. The van der Waals surface area contributed by atoms with Crippen molar-refractivity contribution < 1.29 is 4.79 Å². The summed E-state index contributed by atoms with van der Waals surface area (Å²) in [5, 5.41) is 5.74. The summed E-state index contributed by atoms with van der Waals surface area (Å²) in [4.78, 5) is 13.0. The van der Waals surface area contributed by atoms with Gasteiger partial charge in [-0.3, -0.25) is 4.79 Å². The van der Waals surface area contributed by atoms with Gasteiger partial charge in [-0.05, 0) is 52.9 Å². The van der Waals surface area contributed by atoms with Crippen LogP contribution in [-0.4, -0.2) is 5.24 Å². The van der Waals surface area contributed by atoms with E-state index in [9.17, 15) is 4.79 Å². The molecule has 2 nitrogen and oxygen atoms in total. The largest absolute Gasteiger partial charge is 0.317 e. The molecule has 1 N–H and O–H groups in total. The minimum absolute atomic E-state index is 0.173. The van der Waals surface area contributed by atoms with Gasteiger partial charge in [0.05, 0.1) is 10.0 Å². The summed E-state index contributed by atoms with van der Waals surface area (Å²) in [5.41, 5.74) is 0.618. The molecule has 0 saturated heterocycles. The van der Waals surface area contributed by atoms with Gasteiger partial charge in [0.25, 0.3) is 5.24 Å². The lowest BCUT2D eigenvalue weighted by atomic mass is 10.1. The number of hydrogen-bond acceptors (Lipinski definition) is 2. The maximum atomic E-state index is 12.1. The lowest BCUT2D eigenvalue weighted by Gasteiger charge is -2.06. The smallest absolute Gasteiger partial charge is 0.288 e. The van der Waals surface area contributed by atoms with Crippen LogP contribution >= 0.6 is 35.0 Å². The summed E-state index contributed by atoms with van der Waals surface area (Å²) in [7, 11) is 0. The number of fused-ring (bicyclic) bond motifs is 1. The number of carbonyl (C=O) groups excluding carboxylic acids is 1. The Morgan fingerprint density at radius 1 is 0.864 bits per heavy atom. The molecule has 0 aromatic heterocycles. The SMILES string of the molecule is O=C(Nc1ccc(Cl)c(Cl)c1)Sc1ccc2ccccc2c1. The molecule has 0 bridgehead atoms.